The summed E-state index contributed by atoms with van der Waals surface area (Å²) in [5.74, 6) is 1.55. The van der Waals surface area contributed by atoms with Gasteiger partial charge in [-0.2, -0.15) is 0 Å². The molecule has 0 aromatic carbocycles. The van der Waals surface area contributed by atoms with E-state index >= 15 is 0 Å². The van der Waals surface area contributed by atoms with Gasteiger partial charge in [-0.25, -0.2) is 13.1 Å². The molecule has 2 bridgehead atoms. The van der Waals surface area contributed by atoms with Gasteiger partial charge in [0.1, 0.15) is 0 Å². The highest BCUT2D eigenvalue weighted by Gasteiger charge is 2.57. The fourth-order valence-corrected chi connectivity index (χ4v) is 6.14. The van der Waals surface area contributed by atoms with Crippen LogP contribution in [0.4, 0.5) is 0 Å². The zero-order chi connectivity index (χ0) is 19.4. The number of allylic oxidation sites excluding steroid dienone is 2. The molecule has 0 radical (unpaired) electrons. The molecule has 4 unspecified atom stereocenters. The molecule has 26 heavy (non-hydrogen) atoms. The highest BCUT2D eigenvalue weighted by molar-refractivity contribution is 7.89. The van der Waals surface area contributed by atoms with E-state index in [1.807, 2.05) is 6.92 Å². The Morgan fingerprint density at radius 3 is 2.62 bits per heavy atom. The van der Waals surface area contributed by atoms with Gasteiger partial charge >= 0.3 is 5.97 Å². The first kappa shape index (κ1) is 21.4. The van der Waals surface area contributed by atoms with Crippen LogP contribution in [0, 0.1) is 23.2 Å². The molecule has 1 N–H and O–H groups in total. The van der Waals surface area contributed by atoms with Crippen molar-refractivity contribution < 1.29 is 17.9 Å². The lowest BCUT2D eigenvalue weighted by molar-refractivity contribution is -0.140. The highest BCUT2D eigenvalue weighted by Crippen LogP contribution is 2.61. The van der Waals surface area contributed by atoms with Crippen molar-refractivity contribution in [2.24, 2.45) is 23.2 Å². The van der Waals surface area contributed by atoms with E-state index in [-0.39, 0.29) is 23.2 Å². The fraction of sp³-hybridized carbons (Fsp3) is 0.850. The second kappa shape index (κ2) is 8.87. The minimum atomic E-state index is -3.20. The first-order valence-electron chi connectivity index (χ1n) is 9.93. The van der Waals surface area contributed by atoms with Gasteiger partial charge in [0.05, 0.1) is 12.9 Å². The Morgan fingerprint density at radius 2 is 2.00 bits per heavy atom. The second-order valence-electron chi connectivity index (χ2n) is 8.49. The maximum Gasteiger partial charge on any atom is 0.305 e. The zero-order valence-corrected chi connectivity index (χ0v) is 17.5. The van der Waals surface area contributed by atoms with Crippen molar-refractivity contribution >= 4 is 16.0 Å². The normalized spacial score (nSPS) is 30.2. The van der Waals surface area contributed by atoms with Gasteiger partial charge in [-0.3, -0.25) is 4.79 Å². The monoisotopic (exact) mass is 385 g/mol. The third-order valence-electron chi connectivity index (χ3n) is 6.45. The van der Waals surface area contributed by atoms with Crippen molar-refractivity contribution in [3.63, 3.8) is 0 Å². The van der Waals surface area contributed by atoms with Crippen molar-refractivity contribution in [1.29, 1.82) is 0 Å². The van der Waals surface area contributed by atoms with Crippen molar-refractivity contribution in [3.05, 3.63) is 12.2 Å². The molecule has 4 atom stereocenters. The number of nitrogens with one attached hydrogen (secondary N) is 1. The average Bonchev–Trinajstić information content (AvgIpc) is 2.57. The summed E-state index contributed by atoms with van der Waals surface area (Å²) in [4.78, 5) is 11.1. The third kappa shape index (κ3) is 5.10. The van der Waals surface area contributed by atoms with Crippen LogP contribution in [0.15, 0.2) is 12.2 Å². The smallest absolute Gasteiger partial charge is 0.305 e. The van der Waals surface area contributed by atoms with E-state index in [4.69, 9.17) is 0 Å². The van der Waals surface area contributed by atoms with Crippen LogP contribution in [0.25, 0.3) is 0 Å². The van der Waals surface area contributed by atoms with Crippen LogP contribution in [0.2, 0.25) is 0 Å². The summed E-state index contributed by atoms with van der Waals surface area (Å²) in [7, 11) is -1.79. The van der Waals surface area contributed by atoms with Crippen molar-refractivity contribution in [2.45, 2.75) is 71.8 Å². The summed E-state index contributed by atoms with van der Waals surface area (Å²) in [6.07, 6.45) is 10.2. The summed E-state index contributed by atoms with van der Waals surface area (Å²) < 4.78 is 32.4. The molecule has 150 valence electrons. The molecule has 3 aliphatic carbocycles. The Balaban J connectivity index is 1.92. The van der Waals surface area contributed by atoms with E-state index in [0.717, 1.165) is 32.1 Å². The Bertz CT molecular complexity index is 611. The SMILES string of the molecule is CCCS(=O)(=O)NC1C(C/C=C/CCCC(=O)OC)CC2CC1C2(C)C. The van der Waals surface area contributed by atoms with E-state index in [9.17, 15) is 13.2 Å². The second-order valence-corrected chi connectivity index (χ2v) is 10.4. The Hall–Kier alpha value is -0.880. The van der Waals surface area contributed by atoms with Gasteiger partial charge in [-0.1, -0.05) is 32.9 Å². The van der Waals surface area contributed by atoms with Crippen LogP contribution in [0.1, 0.15) is 65.7 Å². The maximum absolute atomic E-state index is 12.4. The summed E-state index contributed by atoms with van der Waals surface area (Å²) in [6, 6.07) is 0.0475. The molecule has 0 aliphatic heterocycles. The lowest BCUT2D eigenvalue weighted by Crippen LogP contribution is -2.63. The molecule has 0 saturated heterocycles. The van der Waals surface area contributed by atoms with Crippen LogP contribution >= 0.6 is 0 Å². The van der Waals surface area contributed by atoms with Crippen molar-refractivity contribution in [3.8, 4) is 0 Å². The number of fused-ring (bicyclic) bond motifs is 2. The van der Waals surface area contributed by atoms with E-state index in [0.29, 0.717) is 30.6 Å². The molecule has 3 aliphatic rings. The number of carbonyl (C=O) groups excluding carboxylic acids is 1. The molecule has 6 heteroatoms. The third-order valence-corrected chi connectivity index (χ3v) is 8.03. The van der Waals surface area contributed by atoms with Gasteiger partial charge in [0.2, 0.25) is 10.0 Å². The molecular formula is C20H35NO4S. The number of esters is 1. The summed E-state index contributed by atoms with van der Waals surface area (Å²) in [5, 5.41) is 0. The quantitative estimate of drug-likeness (QED) is 0.354. The number of unbranched alkanes of at least 4 members (excludes halogenated alkanes) is 1. The van der Waals surface area contributed by atoms with Gasteiger partial charge in [0.15, 0.2) is 0 Å². The van der Waals surface area contributed by atoms with Crippen molar-refractivity contribution in [1.82, 2.24) is 4.72 Å². The fourth-order valence-electron chi connectivity index (χ4n) is 4.72. The van der Waals surface area contributed by atoms with Gasteiger partial charge in [-0.05, 0) is 61.7 Å². The minimum Gasteiger partial charge on any atom is -0.469 e. The van der Waals surface area contributed by atoms with Gasteiger partial charge in [0.25, 0.3) is 0 Å². The first-order valence-corrected chi connectivity index (χ1v) is 11.6. The molecule has 3 saturated carbocycles. The lowest BCUT2D eigenvalue weighted by Gasteiger charge is -2.62. The van der Waals surface area contributed by atoms with Gasteiger partial charge in [0, 0.05) is 12.5 Å². The van der Waals surface area contributed by atoms with E-state index in [1.165, 1.54) is 7.11 Å². The van der Waals surface area contributed by atoms with Crippen LogP contribution < -0.4 is 4.72 Å². The summed E-state index contributed by atoms with van der Waals surface area (Å²) in [5.41, 5.74) is 0.236. The van der Waals surface area contributed by atoms with E-state index in [1.54, 1.807) is 0 Å². The number of sulfonamides is 1. The number of ether oxygens (including phenoxy) is 1. The Morgan fingerprint density at radius 1 is 1.27 bits per heavy atom. The molecule has 3 rings (SSSR count). The topological polar surface area (TPSA) is 72.5 Å². The standard InChI is InChI=1S/C20H35NO4S/c1-5-12-26(23,24)21-19-15(13-16-14-17(19)20(16,2)3)10-8-6-7-9-11-18(22)25-4/h6,8,15-17,19,21H,5,7,9-14H2,1-4H3/b8-6+. The molecular weight excluding hydrogens is 350 g/mol. The van der Waals surface area contributed by atoms with Crippen LogP contribution in [0.5, 0.6) is 0 Å². The number of hydrogen-bond acceptors (Lipinski definition) is 4. The maximum atomic E-state index is 12.4. The van der Waals surface area contributed by atoms with E-state index in [2.05, 4.69) is 35.5 Å². The lowest BCUT2D eigenvalue weighted by atomic mass is 9.45. The first-order chi connectivity index (χ1) is 12.2. The summed E-state index contributed by atoms with van der Waals surface area (Å²) in [6.45, 7) is 6.47. The predicted octanol–water partition coefficient (Wildman–Crippen LogP) is 3.66. The summed E-state index contributed by atoms with van der Waals surface area (Å²) >= 11 is 0. The highest BCUT2D eigenvalue weighted by atomic mass is 32.2. The predicted molar refractivity (Wildman–Crippen MR) is 104 cm³/mol. The molecule has 0 heterocycles. The largest absolute Gasteiger partial charge is 0.469 e. The van der Waals surface area contributed by atoms with Crippen LogP contribution in [0.3, 0.4) is 0 Å². The van der Waals surface area contributed by atoms with Gasteiger partial charge < -0.3 is 4.74 Å². The molecule has 0 aromatic heterocycles. The zero-order valence-electron chi connectivity index (χ0n) is 16.7. The Labute approximate surface area is 159 Å². The van der Waals surface area contributed by atoms with Gasteiger partial charge in [-0.15, -0.1) is 0 Å². The Kier molecular flexibility index (Phi) is 7.31. The number of hydrogen-bond donors (Lipinski definition) is 1. The number of rotatable bonds is 10. The minimum absolute atomic E-state index is 0.0475. The molecule has 0 aromatic rings. The van der Waals surface area contributed by atoms with Crippen LogP contribution in [-0.2, 0) is 19.6 Å². The molecule has 0 amide bonds. The van der Waals surface area contributed by atoms with E-state index < -0.39 is 10.0 Å². The average molecular weight is 386 g/mol. The molecule has 3 fully saturated rings. The van der Waals surface area contributed by atoms with Crippen molar-refractivity contribution in [2.75, 3.05) is 12.9 Å². The molecule has 5 nitrogen and oxygen atoms in total. The number of carbonyl (C=O) groups is 1. The number of methoxy groups -OCH3 is 1. The van der Waals surface area contributed by atoms with Crippen LogP contribution in [-0.4, -0.2) is 33.3 Å². The molecule has 0 spiro atoms.